The van der Waals surface area contributed by atoms with Gasteiger partial charge in [0.2, 0.25) is 0 Å². The third-order valence-electron chi connectivity index (χ3n) is 1.44. The summed E-state index contributed by atoms with van der Waals surface area (Å²) in [4.78, 5) is 14.7. The molecule has 3 nitrogen and oxygen atoms in total. The third-order valence-corrected chi connectivity index (χ3v) is 1.44. The molecular formula is C7H11NO2. The molecule has 1 aliphatic rings. The van der Waals surface area contributed by atoms with Crippen LogP contribution in [0.25, 0.3) is 0 Å². The predicted molar refractivity (Wildman–Crippen MR) is 38.1 cm³/mol. The summed E-state index contributed by atoms with van der Waals surface area (Å²) in [5.41, 5.74) is 0. The van der Waals surface area contributed by atoms with Crippen molar-refractivity contribution >= 4 is 12.2 Å². The topological polar surface area (TPSA) is 38.7 Å². The van der Waals surface area contributed by atoms with E-state index in [4.69, 9.17) is 4.74 Å². The van der Waals surface area contributed by atoms with Crippen molar-refractivity contribution in [3.8, 4) is 0 Å². The summed E-state index contributed by atoms with van der Waals surface area (Å²) in [5, 5.41) is 0. The Balaban J connectivity index is 2.40. The average molecular weight is 141 g/mol. The highest BCUT2D eigenvalue weighted by atomic mass is 16.5. The minimum atomic E-state index is -0.128. The van der Waals surface area contributed by atoms with Crippen LogP contribution in [0.4, 0.5) is 0 Å². The number of carbonyl (C=O) groups is 1. The first-order valence-corrected chi connectivity index (χ1v) is 3.51. The number of cyclic esters (lactones) is 1. The molecule has 10 heavy (non-hydrogen) atoms. The summed E-state index contributed by atoms with van der Waals surface area (Å²) in [6, 6.07) is 0. The highest BCUT2D eigenvalue weighted by Gasteiger charge is 2.23. The number of nitrogens with zero attached hydrogens (tertiary/aromatic N) is 1. The molecule has 3 heteroatoms. The lowest BCUT2D eigenvalue weighted by Crippen LogP contribution is -2.08. The lowest BCUT2D eigenvalue weighted by molar-refractivity contribution is -0.139. The third kappa shape index (κ3) is 1.56. The van der Waals surface area contributed by atoms with Crippen LogP contribution in [-0.2, 0) is 9.53 Å². The van der Waals surface area contributed by atoms with E-state index in [1.165, 1.54) is 0 Å². The average Bonchev–Trinajstić information content (AvgIpc) is 2.31. The quantitative estimate of drug-likeness (QED) is 0.418. The summed E-state index contributed by atoms with van der Waals surface area (Å²) in [6.07, 6.45) is 2.48. The second-order valence-corrected chi connectivity index (χ2v) is 2.21. The Morgan fingerprint density at radius 2 is 2.70 bits per heavy atom. The van der Waals surface area contributed by atoms with Crippen LogP contribution >= 0.6 is 0 Å². The van der Waals surface area contributed by atoms with Crippen molar-refractivity contribution in [1.82, 2.24) is 0 Å². The minimum Gasteiger partial charge on any atom is -0.465 e. The summed E-state index contributed by atoms with van der Waals surface area (Å²) < 4.78 is 4.73. The van der Waals surface area contributed by atoms with E-state index in [9.17, 15) is 4.79 Å². The number of carbonyl (C=O) groups excluding carboxylic acids is 1. The van der Waals surface area contributed by atoms with E-state index >= 15 is 0 Å². The van der Waals surface area contributed by atoms with E-state index in [1.54, 1.807) is 6.21 Å². The highest BCUT2D eigenvalue weighted by Crippen LogP contribution is 2.11. The standard InChI is InChI=1S/C7H11NO2/c1-2-8-5-6-3-4-10-7(6)9/h5-6H,2-4H2,1H3. The summed E-state index contributed by atoms with van der Waals surface area (Å²) in [6.45, 7) is 3.24. The van der Waals surface area contributed by atoms with Gasteiger partial charge in [-0.1, -0.05) is 0 Å². The number of rotatable bonds is 2. The molecule has 0 N–H and O–H groups in total. The highest BCUT2D eigenvalue weighted by molar-refractivity contribution is 5.91. The van der Waals surface area contributed by atoms with Gasteiger partial charge < -0.3 is 4.74 Å². The molecule has 0 aliphatic carbocycles. The van der Waals surface area contributed by atoms with Crippen molar-refractivity contribution in [2.45, 2.75) is 13.3 Å². The lowest BCUT2D eigenvalue weighted by Gasteiger charge is -1.93. The number of ether oxygens (including phenoxy) is 1. The van der Waals surface area contributed by atoms with Crippen molar-refractivity contribution in [3.63, 3.8) is 0 Å². The molecule has 1 rings (SSSR count). The largest absolute Gasteiger partial charge is 0.465 e. The molecule has 0 aromatic rings. The van der Waals surface area contributed by atoms with E-state index in [2.05, 4.69) is 4.99 Å². The Morgan fingerprint density at radius 3 is 3.20 bits per heavy atom. The van der Waals surface area contributed by atoms with Gasteiger partial charge in [-0.25, -0.2) is 0 Å². The summed E-state index contributed by atoms with van der Waals surface area (Å²) in [5.74, 6) is -0.197. The number of hydrogen-bond donors (Lipinski definition) is 0. The summed E-state index contributed by atoms with van der Waals surface area (Å²) >= 11 is 0. The van der Waals surface area contributed by atoms with Crippen LogP contribution in [0, 0.1) is 5.92 Å². The van der Waals surface area contributed by atoms with E-state index in [-0.39, 0.29) is 11.9 Å². The molecule has 1 unspecified atom stereocenters. The zero-order valence-corrected chi connectivity index (χ0v) is 6.04. The molecule has 0 radical (unpaired) electrons. The van der Waals surface area contributed by atoms with Crippen molar-refractivity contribution in [2.24, 2.45) is 10.9 Å². The molecule has 1 fully saturated rings. The zero-order valence-electron chi connectivity index (χ0n) is 6.04. The van der Waals surface area contributed by atoms with Gasteiger partial charge in [0.05, 0.1) is 12.5 Å². The van der Waals surface area contributed by atoms with E-state index in [1.807, 2.05) is 6.92 Å². The van der Waals surface area contributed by atoms with Gasteiger partial charge in [0.25, 0.3) is 0 Å². The first-order chi connectivity index (χ1) is 4.84. The van der Waals surface area contributed by atoms with Gasteiger partial charge >= 0.3 is 5.97 Å². The smallest absolute Gasteiger partial charge is 0.314 e. The monoisotopic (exact) mass is 141 g/mol. The molecule has 0 saturated carbocycles. The van der Waals surface area contributed by atoms with Gasteiger partial charge in [-0.2, -0.15) is 0 Å². The molecule has 0 spiro atoms. The van der Waals surface area contributed by atoms with Gasteiger partial charge in [0, 0.05) is 12.8 Å². The predicted octanol–water partition coefficient (Wildman–Crippen LogP) is 0.640. The second kappa shape index (κ2) is 3.34. The molecule has 0 aromatic carbocycles. The molecule has 1 atom stereocenters. The first kappa shape index (κ1) is 7.25. The van der Waals surface area contributed by atoms with Crippen LogP contribution in [-0.4, -0.2) is 25.3 Å². The Labute approximate surface area is 60.1 Å². The van der Waals surface area contributed by atoms with Crippen LogP contribution in [0.3, 0.4) is 0 Å². The molecule has 0 amide bonds. The summed E-state index contributed by atoms with van der Waals surface area (Å²) in [7, 11) is 0. The fourth-order valence-corrected chi connectivity index (χ4v) is 0.879. The van der Waals surface area contributed by atoms with E-state index in [0.717, 1.165) is 13.0 Å². The van der Waals surface area contributed by atoms with Crippen molar-refractivity contribution < 1.29 is 9.53 Å². The van der Waals surface area contributed by atoms with Crippen molar-refractivity contribution in [1.29, 1.82) is 0 Å². The molecular weight excluding hydrogens is 130 g/mol. The maximum atomic E-state index is 10.8. The molecule has 0 bridgehead atoms. The minimum absolute atomic E-state index is 0.0695. The van der Waals surface area contributed by atoms with Crippen LogP contribution in [0.2, 0.25) is 0 Å². The van der Waals surface area contributed by atoms with E-state index < -0.39 is 0 Å². The SMILES string of the molecule is CCN=CC1CCOC1=O. The van der Waals surface area contributed by atoms with E-state index in [0.29, 0.717) is 6.61 Å². The second-order valence-electron chi connectivity index (χ2n) is 2.21. The van der Waals surface area contributed by atoms with Crippen LogP contribution < -0.4 is 0 Å². The molecule has 1 heterocycles. The number of esters is 1. The molecule has 1 aliphatic heterocycles. The fraction of sp³-hybridized carbons (Fsp3) is 0.714. The van der Waals surface area contributed by atoms with Crippen LogP contribution in [0.5, 0.6) is 0 Å². The number of hydrogen-bond acceptors (Lipinski definition) is 3. The van der Waals surface area contributed by atoms with Crippen molar-refractivity contribution in [2.75, 3.05) is 13.2 Å². The maximum Gasteiger partial charge on any atom is 0.314 e. The normalized spacial score (nSPS) is 25.7. The Bertz CT molecular complexity index is 154. The molecule has 56 valence electrons. The van der Waals surface area contributed by atoms with Gasteiger partial charge in [0.15, 0.2) is 0 Å². The molecule has 0 aromatic heterocycles. The number of aliphatic imine (C=N–C) groups is 1. The van der Waals surface area contributed by atoms with Crippen LogP contribution in [0.1, 0.15) is 13.3 Å². The fourth-order valence-electron chi connectivity index (χ4n) is 0.879. The van der Waals surface area contributed by atoms with Gasteiger partial charge in [-0.3, -0.25) is 9.79 Å². The van der Waals surface area contributed by atoms with Gasteiger partial charge in [-0.05, 0) is 13.3 Å². The maximum absolute atomic E-state index is 10.8. The van der Waals surface area contributed by atoms with Crippen LogP contribution in [0.15, 0.2) is 4.99 Å². The first-order valence-electron chi connectivity index (χ1n) is 3.51. The zero-order chi connectivity index (χ0) is 7.40. The lowest BCUT2D eigenvalue weighted by atomic mass is 10.1. The molecule has 1 saturated heterocycles. The Hall–Kier alpha value is -0.860. The van der Waals surface area contributed by atoms with Gasteiger partial charge in [-0.15, -0.1) is 0 Å². The van der Waals surface area contributed by atoms with Gasteiger partial charge in [0.1, 0.15) is 0 Å². The Kier molecular flexibility index (Phi) is 2.42. The Morgan fingerprint density at radius 1 is 1.90 bits per heavy atom. The van der Waals surface area contributed by atoms with Crippen molar-refractivity contribution in [3.05, 3.63) is 0 Å².